The van der Waals surface area contributed by atoms with Gasteiger partial charge in [-0.15, -0.1) is 0 Å². The van der Waals surface area contributed by atoms with Crippen LogP contribution >= 0.6 is 0 Å². The zero-order valence-corrected chi connectivity index (χ0v) is 15.1. The number of nitrogens with one attached hydrogen (secondary N) is 1. The minimum atomic E-state index is -0.606. The maximum absolute atomic E-state index is 12.3. The van der Waals surface area contributed by atoms with E-state index in [0.717, 1.165) is 17.5 Å². The van der Waals surface area contributed by atoms with Crippen molar-refractivity contribution in [3.05, 3.63) is 79.4 Å². The highest BCUT2D eigenvalue weighted by molar-refractivity contribution is 5.96. The molecule has 1 aliphatic rings. The van der Waals surface area contributed by atoms with Gasteiger partial charge in [0.1, 0.15) is 11.4 Å². The summed E-state index contributed by atoms with van der Waals surface area (Å²) >= 11 is 0. The SMILES string of the molecule is Nc1cccnc1C(=O)NCc1ccc2c(c1)CN(c1c(N)c(=O)c1=O)CC2. The molecule has 0 atom stereocenters. The van der Waals surface area contributed by atoms with Gasteiger partial charge in [0.15, 0.2) is 5.69 Å². The van der Waals surface area contributed by atoms with E-state index in [9.17, 15) is 14.4 Å². The summed E-state index contributed by atoms with van der Waals surface area (Å²) in [6, 6.07) is 9.27. The van der Waals surface area contributed by atoms with Gasteiger partial charge in [-0.1, -0.05) is 18.2 Å². The van der Waals surface area contributed by atoms with Crippen LogP contribution in [0.15, 0.2) is 46.1 Å². The Morgan fingerprint density at radius 1 is 1.14 bits per heavy atom. The van der Waals surface area contributed by atoms with Gasteiger partial charge in [-0.2, -0.15) is 0 Å². The molecule has 4 rings (SSSR count). The molecular weight excluding hydrogens is 358 g/mol. The lowest BCUT2D eigenvalue weighted by Gasteiger charge is -2.32. The summed E-state index contributed by atoms with van der Waals surface area (Å²) in [5, 5.41) is 2.82. The summed E-state index contributed by atoms with van der Waals surface area (Å²) in [7, 11) is 0. The second-order valence-corrected chi connectivity index (χ2v) is 6.82. The second-order valence-electron chi connectivity index (χ2n) is 6.82. The zero-order chi connectivity index (χ0) is 19.8. The Labute approximate surface area is 160 Å². The third-order valence-corrected chi connectivity index (χ3v) is 5.03. The molecule has 1 amide bonds. The van der Waals surface area contributed by atoms with Gasteiger partial charge < -0.3 is 21.7 Å². The lowest BCUT2D eigenvalue weighted by atomic mass is 9.96. The third-order valence-electron chi connectivity index (χ3n) is 5.03. The first-order valence-corrected chi connectivity index (χ1v) is 8.89. The van der Waals surface area contributed by atoms with Gasteiger partial charge in [-0.3, -0.25) is 14.4 Å². The number of amides is 1. The number of hydrogen-bond donors (Lipinski definition) is 3. The fourth-order valence-corrected chi connectivity index (χ4v) is 3.50. The number of hydrogen-bond acceptors (Lipinski definition) is 7. The molecule has 0 fully saturated rings. The van der Waals surface area contributed by atoms with Gasteiger partial charge in [-0.25, -0.2) is 4.98 Å². The van der Waals surface area contributed by atoms with Gasteiger partial charge in [0, 0.05) is 25.8 Å². The Bertz CT molecular complexity index is 1150. The Kier molecular flexibility index (Phi) is 4.31. The highest BCUT2D eigenvalue weighted by Crippen LogP contribution is 2.26. The van der Waals surface area contributed by atoms with E-state index in [0.29, 0.717) is 31.0 Å². The molecule has 0 bridgehead atoms. The van der Waals surface area contributed by atoms with Crippen LogP contribution in [0.3, 0.4) is 0 Å². The van der Waals surface area contributed by atoms with Crippen molar-refractivity contribution in [2.45, 2.75) is 19.5 Å². The molecule has 0 aliphatic carbocycles. The van der Waals surface area contributed by atoms with Gasteiger partial charge >= 0.3 is 0 Å². The van der Waals surface area contributed by atoms with Crippen LogP contribution in [0.1, 0.15) is 27.2 Å². The molecule has 2 aromatic carbocycles. The summed E-state index contributed by atoms with van der Waals surface area (Å²) in [4.78, 5) is 41.3. The number of anilines is 3. The normalized spacial score (nSPS) is 13.4. The molecule has 3 aromatic rings. The van der Waals surface area contributed by atoms with Gasteiger partial charge in [-0.05, 0) is 35.2 Å². The topological polar surface area (TPSA) is 131 Å². The van der Waals surface area contributed by atoms with Crippen molar-refractivity contribution in [3.63, 3.8) is 0 Å². The van der Waals surface area contributed by atoms with E-state index in [2.05, 4.69) is 10.3 Å². The van der Waals surface area contributed by atoms with E-state index in [4.69, 9.17) is 11.5 Å². The summed E-state index contributed by atoms with van der Waals surface area (Å²) in [5.41, 5.74) is 14.4. The number of fused-ring (bicyclic) bond motifs is 1. The van der Waals surface area contributed by atoms with Crippen molar-refractivity contribution in [1.82, 2.24) is 10.3 Å². The fraction of sp³-hybridized carbons (Fsp3) is 0.200. The van der Waals surface area contributed by atoms with Crippen molar-refractivity contribution in [1.29, 1.82) is 0 Å². The molecule has 8 nitrogen and oxygen atoms in total. The molecule has 0 radical (unpaired) electrons. The monoisotopic (exact) mass is 377 g/mol. The van der Waals surface area contributed by atoms with Crippen molar-refractivity contribution >= 4 is 23.0 Å². The molecule has 1 aliphatic heterocycles. The first-order valence-electron chi connectivity index (χ1n) is 8.89. The molecule has 1 aromatic heterocycles. The van der Waals surface area contributed by atoms with Crippen LogP contribution in [0, 0.1) is 0 Å². The smallest absolute Gasteiger partial charge is 0.272 e. The van der Waals surface area contributed by atoms with E-state index < -0.39 is 10.9 Å². The number of nitrogens with zero attached hydrogens (tertiary/aromatic N) is 2. The number of benzene rings is 1. The van der Waals surface area contributed by atoms with Crippen LogP contribution < -0.4 is 32.5 Å². The lowest BCUT2D eigenvalue weighted by Crippen LogP contribution is -2.44. The third kappa shape index (κ3) is 2.98. The maximum Gasteiger partial charge on any atom is 0.272 e. The molecule has 5 N–H and O–H groups in total. The summed E-state index contributed by atoms with van der Waals surface area (Å²) in [6.45, 7) is 1.46. The average molecular weight is 377 g/mol. The highest BCUT2D eigenvalue weighted by atomic mass is 16.2. The molecule has 8 heteroatoms. The highest BCUT2D eigenvalue weighted by Gasteiger charge is 2.26. The zero-order valence-electron chi connectivity index (χ0n) is 15.1. The van der Waals surface area contributed by atoms with Crippen LogP contribution in [-0.2, 0) is 19.5 Å². The maximum atomic E-state index is 12.3. The Hall–Kier alpha value is -3.68. The van der Waals surface area contributed by atoms with Gasteiger partial charge in [0.25, 0.3) is 16.8 Å². The molecule has 0 unspecified atom stereocenters. The number of rotatable bonds is 4. The lowest BCUT2D eigenvalue weighted by molar-refractivity contribution is 0.0947. The fourth-order valence-electron chi connectivity index (χ4n) is 3.50. The average Bonchev–Trinajstić information content (AvgIpc) is 2.72. The van der Waals surface area contributed by atoms with Crippen molar-refractivity contribution in [2.75, 3.05) is 22.9 Å². The van der Waals surface area contributed by atoms with Crippen LogP contribution in [0.2, 0.25) is 0 Å². The number of carbonyl (C=O) groups is 1. The number of nitrogens with two attached hydrogens (primary N) is 2. The van der Waals surface area contributed by atoms with E-state index in [1.807, 2.05) is 23.1 Å². The Morgan fingerprint density at radius 2 is 1.96 bits per heavy atom. The van der Waals surface area contributed by atoms with Crippen molar-refractivity contribution in [3.8, 4) is 0 Å². The molecule has 2 heterocycles. The van der Waals surface area contributed by atoms with Crippen LogP contribution in [0.4, 0.5) is 17.1 Å². The van der Waals surface area contributed by atoms with Crippen LogP contribution in [-0.4, -0.2) is 17.4 Å². The first kappa shape index (κ1) is 17.7. The number of carbonyl (C=O) groups excluding carboxylic acids is 1. The number of aromatic nitrogens is 1. The number of pyridine rings is 1. The van der Waals surface area contributed by atoms with Crippen LogP contribution in [0.5, 0.6) is 0 Å². The standard InChI is InChI=1S/C20H19N5O3/c21-14-2-1-6-23-16(14)20(28)24-9-11-3-4-12-5-7-25(10-13(12)8-11)17-15(22)18(26)19(17)27/h1-4,6,8H,5,7,9-10,21-22H2,(H,24,28). The molecule has 0 saturated carbocycles. The van der Waals surface area contributed by atoms with Crippen molar-refractivity contribution in [2.24, 2.45) is 0 Å². The van der Waals surface area contributed by atoms with Gasteiger partial charge in [0.2, 0.25) is 0 Å². The number of nitrogen functional groups attached to an aromatic ring is 2. The molecule has 0 saturated heterocycles. The summed E-state index contributed by atoms with van der Waals surface area (Å²) < 4.78 is 0. The van der Waals surface area contributed by atoms with Crippen molar-refractivity contribution < 1.29 is 4.79 Å². The quantitative estimate of drug-likeness (QED) is 0.559. The minimum Gasteiger partial charge on any atom is -0.397 e. The molecule has 0 spiro atoms. The molecule has 142 valence electrons. The van der Waals surface area contributed by atoms with Crippen LogP contribution in [0.25, 0.3) is 0 Å². The second kappa shape index (κ2) is 6.80. The van der Waals surface area contributed by atoms with E-state index in [1.54, 1.807) is 12.1 Å². The Morgan fingerprint density at radius 3 is 2.71 bits per heavy atom. The molecular formula is C20H19N5O3. The molecule has 28 heavy (non-hydrogen) atoms. The van der Waals surface area contributed by atoms with E-state index in [1.165, 1.54) is 11.8 Å². The van der Waals surface area contributed by atoms with Gasteiger partial charge in [0.05, 0.1) is 5.69 Å². The minimum absolute atomic E-state index is 0.0461. The van der Waals surface area contributed by atoms with E-state index in [-0.39, 0.29) is 17.3 Å². The van der Waals surface area contributed by atoms with E-state index >= 15 is 0 Å². The predicted molar refractivity (Wildman–Crippen MR) is 107 cm³/mol. The summed E-state index contributed by atoms with van der Waals surface area (Å²) in [6.07, 6.45) is 2.27. The summed E-state index contributed by atoms with van der Waals surface area (Å²) in [5.74, 6) is -0.339. The predicted octanol–water partition coefficient (Wildman–Crippen LogP) is 0.335. The first-order chi connectivity index (χ1) is 13.5. The largest absolute Gasteiger partial charge is 0.397 e. The Balaban J connectivity index is 1.48.